The fourth-order valence-corrected chi connectivity index (χ4v) is 2.21. The molecule has 0 heterocycles. The van der Waals surface area contributed by atoms with Crippen molar-refractivity contribution in [2.45, 2.75) is 12.8 Å². The van der Waals surface area contributed by atoms with Crippen LogP contribution in [0, 0.1) is 0 Å². The summed E-state index contributed by atoms with van der Waals surface area (Å²) in [5, 5.41) is 8.39. The summed E-state index contributed by atoms with van der Waals surface area (Å²) in [5.74, 6) is 0.578. The Morgan fingerprint density at radius 2 is 2.00 bits per heavy atom. The van der Waals surface area contributed by atoms with Crippen LogP contribution in [0.3, 0.4) is 0 Å². The molecule has 5 nitrogen and oxygen atoms in total. The summed E-state index contributed by atoms with van der Waals surface area (Å²) in [6.07, 6.45) is 1.26. The number of alkyl halides is 1. The fraction of sp³-hybridized carbons (Fsp3) is 1.00. The summed E-state index contributed by atoms with van der Waals surface area (Å²) in [7, 11) is -3.19. The van der Waals surface area contributed by atoms with E-state index in [4.69, 9.17) is 21.4 Å². The zero-order chi connectivity index (χ0) is 11.6. The number of sulfonamides is 1. The molecular formula is C8H18ClNO4S. The maximum absolute atomic E-state index is 11.3. The summed E-state index contributed by atoms with van der Waals surface area (Å²) >= 11 is 5.43. The minimum absolute atomic E-state index is 0.0531. The Balaban J connectivity index is 3.47. The Kier molecular flexibility index (Phi) is 9.43. The van der Waals surface area contributed by atoms with Gasteiger partial charge in [0.05, 0.1) is 25.6 Å². The highest BCUT2D eigenvalue weighted by Gasteiger charge is 2.08. The molecule has 0 radical (unpaired) electrons. The maximum atomic E-state index is 11.3. The molecular weight excluding hydrogens is 242 g/mol. The van der Waals surface area contributed by atoms with Gasteiger partial charge in [0, 0.05) is 12.4 Å². The lowest BCUT2D eigenvalue weighted by Crippen LogP contribution is -2.29. The third kappa shape index (κ3) is 10.4. The van der Waals surface area contributed by atoms with Crippen LogP contribution in [0.4, 0.5) is 0 Å². The number of unbranched alkanes of at least 4 members (excludes halogenated alkanes) is 1. The van der Waals surface area contributed by atoms with Crippen molar-refractivity contribution in [2.75, 3.05) is 38.0 Å². The lowest BCUT2D eigenvalue weighted by Gasteiger charge is -2.06. The second-order valence-corrected chi connectivity index (χ2v) is 5.25. The molecule has 0 rings (SSSR count). The van der Waals surface area contributed by atoms with Crippen molar-refractivity contribution in [1.29, 1.82) is 0 Å². The highest BCUT2D eigenvalue weighted by atomic mass is 35.5. The minimum Gasteiger partial charge on any atom is -0.394 e. The van der Waals surface area contributed by atoms with Crippen molar-refractivity contribution in [2.24, 2.45) is 0 Å². The molecule has 0 atom stereocenters. The molecule has 0 bridgehead atoms. The first-order chi connectivity index (χ1) is 7.12. The lowest BCUT2D eigenvalue weighted by molar-refractivity contribution is 0.0961. The molecule has 0 aliphatic rings. The van der Waals surface area contributed by atoms with Crippen molar-refractivity contribution in [1.82, 2.24) is 4.72 Å². The monoisotopic (exact) mass is 259 g/mol. The number of ether oxygens (including phenoxy) is 1. The predicted molar refractivity (Wildman–Crippen MR) is 59.6 cm³/mol. The van der Waals surface area contributed by atoms with Gasteiger partial charge in [-0.3, -0.25) is 0 Å². The number of hydrogen-bond donors (Lipinski definition) is 2. The molecule has 0 spiro atoms. The molecule has 0 aliphatic carbocycles. The second-order valence-electron chi connectivity index (χ2n) is 2.95. The van der Waals surface area contributed by atoms with E-state index in [-0.39, 0.29) is 32.1 Å². The lowest BCUT2D eigenvalue weighted by atomic mass is 10.4. The summed E-state index contributed by atoms with van der Waals surface area (Å²) in [5.41, 5.74) is 0. The first-order valence-corrected chi connectivity index (χ1v) is 7.03. The van der Waals surface area contributed by atoms with E-state index in [9.17, 15) is 8.42 Å². The zero-order valence-electron chi connectivity index (χ0n) is 8.62. The number of halogens is 1. The van der Waals surface area contributed by atoms with Gasteiger partial charge in [-0.15, -0.1) is 11.6 Å². The zero-order valence-corrected chi connectivity index (χ0v) is 10.2. The van der Waals surface area contributed by atoms with E-state index >= 15 is 0 Å². The van der Waals surface area contributed by atoms with Crippen LogP contribution in [0.5, 0.6) is 0 Å². The van der Waals surface area contributed by atoms with Gasteiger partial charge in [-0.1, -0.05) is 0 Å². The van der Waals surface area contributed by atoms with Gasteiger partial charge in [0.2, 0.25) is 10.0 Å². The van der Waals surface area contributed by atoms with Crippen LogP contribution in [0.1, 0.15) is 12.8 Å². The van der Waals surface area contributed by atoms with E-state index in [1.54, 1.807) is 0 Å². The molecule has 0 unspecified atom stereocenters. The third-order valence-electron chi connectivity index (χ3n) is 1.60. The van der Waals surface area contributed by atoms with Gasteiger partial charge < -0.3 is 9.84 Å². The molecule has 0 amide bonds. The highest BCUT2D eigenvalue weighted by Crippen LogP contribution is 1.95. The molecule has 0 aromatic rings. The summed E-state index contributed by atoms with van der Waals surface area (Å²) < 4.78 is 29.9. The standard InChI is InChI=1S/C8H18ClNO4S/c9-3-1-2-8-15(12,13)10-4-6-14-7-5-11/h10-11H,1-8H2. The van der Waals surface area contributed by atoms with Crippen LogP contribution in [-0.2, 0) is 14.8 Å². The molecule has 7 heteroatoms. The van der Waals surface area contributed by atoms with Gasteiger partial charge in [0.25, 0.3) is 0 Å². The van der Waals surface area contributed by atoms with Crippen molar-refractivity contribution in [3.8, 4) is 0 Å². The van der Waals surface area contributed by atoms with Crippen LogP contribution < -0.4 is 4.72 Å². The Morgan fingerprint density at radius 3 is 2.60 bits per heavy atom. The molecule has 0 saturated carbocycles. The average Bonchev–Trinajstić information content (AvgIpc) is 2.17. The number of aliphatic hydroxyl groups excluding tert-OH is 1. The Morgan fingerprint density at radius 1 is 1.27 bits per heavy atom. The fourth-order valence-electron chi connectivity index (χ4n) is 0.895. The first kappa shape index (κ1) is 15.1. The highest BCUT2D eigenvalue weighted by molar-refractivity contribution is 7.89. The molecule has 92 valence electrons. The van der Waals surface area contributed by atoms with E-state index in [0.717, 1.165) is 0 Å². The number of rotatable bonds is 10. The molecule has 2 N–H and O–H groups in total. The summed E-state index contributed by atoms with van der Waals surface area (Å²) in [6, 6.07) is 0. The Labute approximate surface area is 95.8 Å². The topological polar surface area (TPSA) is 75.6 Å². The van der Waals surface area contributed by atoms with E-state index in [1.165, 1.54) is 0 Å². The molecule has 0 saturated heterocycles. The second kappa shape index (κ2) is 9.35. The van der Waals surface area contributed by atoms with Crippen LogP contribution in [0.15, 0.2) is 0 Å². The maximum Gasteiger partial charge on any atom is 0.211 e. The van der Waals surface area contributed by atoms with Crippen molar-refractivity contribution < 1.29 is 18.3 Å². The van der Waals surface area contributed by atoms with Gasteiger partial charge in [-0.05, 0) is 12.8 Å². The van der Waals surface area contributed by atoms with Crippen LogP contribution in [-0.4, -0.2) is 51.5 Å². The normalized spacial score (nSPS) is 11.9. The number of hydrogen-bond acceptors (Lipinski definition) is 4. The first-order valence-electron chi connectivity index (χ1n) is 4.84. The van der Waals surface area contributed by atoms with Crippen LogP contribution in [0.25, 0.3) is 0 Å². The molecule has 0 fully saturated rings. The van der Waals surface area contributed by atoms with Crippen LogP contribution in [0.2, 0.25) is 0 Å². The molecule has 0 aromatic heterocycles. The van der Waals surface area contributed by atoms with Gasteiger partial charge in [0.1, 0.15) is 0 Å². The van der Waals surface area contributed by atoms with Gasteiger partial charge in [-0.2, -0.15) is 0 Å². The van der Waals surface area contributed by atoms with E-state index in [0.29, 0.717) is 18.7 Å². The quantitative estimate of drug-likeness (QED) is 0.426. The average molecular weight is 260 g/mol. The van der Waals surface area contributed by atoms with Crippen molar-refractivity contribution >= 4 is 21.6 Å². The molecule has 0 aliphatic heterocycles. The van der Waals surface area contributed by atoms with Crippen LogP contribution >= 0.6 is 11.6 Å². The van der Waals surface area contributed by atoms with E-state index < -0.39 is 10.0 Å². The molecule has 0 aromatic carbocycles. The predicted octanol–water partition coefficient (Wildman–Crippen LogP) is -0.0663. The van der Waals surface area contributed by atoms with Gasteiger partial charge in [0.15, 0.2) is 0 Å². The molecule has 15 heavy (non-hydrogen) atoms. The number of nitrogens with one attached hydrogen (secondary N) is 1. The van der Waals surface area contributed by atoms with Gasteiger partial charge >= 0.3 is 0 Å². The van der Waals surface area contributed by atoms with Crippen molar-refractivity contribution in [3.05, 3.63) is 0 Å². The van der Waals surface area contributed by atoms with Crippen molar-refractivity contribution in [3.63, 3.8) is 0 Å². The van der Waals surface area contributed by atoms with E-state index in [1.807, 2.05) is 0 Å². The van der Waals surface area contributed by atoms with Gasteiger partial charge in [-0.25, -0.2) is 13.1 Å². The summed E-state index contributed by atoms with van der Waals surface area (Å²) in [4.78, 5) is 0. The minimum atomic E-state index is -3.19. The smallest absolute Gasteiger partial charge is 0.211 e. The Hall–Kier alpha value is 0.120. The largest absolute Gasteiger partial charge is 0.394 e. The third-order valence-corrected chi connectivity index (χ3v) is 3.34. The number of aliphatic hydroxyl groups is 1. The van der Waals surface area contributed by atoms with E-state index in [2.05, 4.69) is 4.72 Å². The Bertz CT molecular complexity index is 233. The SMILES string of the molecule is O=S(=O)(CCCCCl)NCCOCCO. The summed E-state index contributed by atoms with van der Waals surface area (Å²) in [6.45, 7) is 0.689.